The molecule has 114 valence electrons. The van der Waals surface area contributed by atoms with Gasteiger partial charge in [-0.25, -0.2) is 4.98 Å². The van der Waals surface area contributed by atoms with E-state index < -0.39 is 5.60 Å². The molecule has 2 aromatic heterocycles. The number of rotatable bonds is 4. The Labute approximate surface area is 127 Å². The molecule has 1 aliphatic rings. The van der Waals surface area contributed by atoms with E-state index in [0.717, 1.165) is 36.6 Å². The lowest BCUT2D eigenvalue weighted by molar-refractivity contribution is -0.0609. The average Bonchev–Trinajstić information content (AvgIpc) is 3.17. The summed E-state index contributed by atoms with van der Waals surface area (Å²) in [5.74, 6) is 1.80. The SMILES string of the molecule is COC1(c2noc(-c3csc(CN)n3)n2)CCC(C)CC1. The van der Waals surface area contributed by atoms with E-state index in [2.05, 4.69) is 22.0 Å². The summed E-state index contributed by atoms with van der Waals surface area (Å²) < 4.78 is 11.1. The zero-order valence-corrected chi connectivity index (χ0v) is 13.2. The third-order valence-corrected chi connectivity index (χ3v) is 5.12. The minimum Gasteiger partial charge on any atom is -0.370 e. The summed E-state index contributed by atoms with van der Waals surface area (Å²) in [5.41, 5.74) is 5.85. The number of methoxy groups -OCH3 is 1. The third kappa shape index (κ3) is 2.73. The molecule has 3 rings (SSSR count). The zero-order chi connectivity index (χ0) is 14.9. The summed E-state index contributed by atoms with van der Waals surface area (Å²) in [6, 6.07) is 0. The second-order valence-electron chi connectivity index (χ2n) is 5.63. The van der Waals surface area contributed by atoms with Crippen LogP contribution in [0.25, 0.3) is 11.6 Å². The molecule has 0 radical (unpaired) electrons. The molecule has 6 nitrogen and oxygen atoms in total. The summed E-state index contributed by atoms with van der Waals surface area (Å²) in [5, 5.41) is 6.89. The molecule has 0 unspecified atom stereocenters. The van der Waals surface area contributed by atoms with E-state index in [9.17, 15) is 0 Å². The third-order valence-electron chi connectivity index (χ3n) is 4.25. The van der Waals surface area contributed by atoms with Gasteiger partial charge in [-0.2, -0.15) is 4.98 Å². The second kappa shape index (κ2) is 5.82. The zero-order valence-electron chi connectivity index (χ0n) is 12.3. The van der Waals surface area contributed by atoms with Gasteiger partial charge in [0.2, 0.25) is 5.82 Å². The van der Waals surface area contributed by atoms with Crippen molar-refractivity contribution in [3.63, 3.8) is 0 Å². The fraction of sp³-hybridized carbons (Fsp3) is 0.643. The van der Waals surface area contributed by atoms with Gasteiger partial charge in [-0.1, -0.05) is 12.1 Å². The molecule has 0 amide bonds. The highest BCUT2D eigenvalue weighted by Gasteiger charge is 2.40. The van der Waals surface area contributed by atoms with E-state index in [-0.39, 0.29) is 0 Å². The second-order valence-corrected chi connectivity index (χ2v) is 6.58. The molecule has 0 aromatic carbocycles. The summed E-state index contributed by atoms with van der Waals surface area (Å²) in [4.78, 5) is 8.89. The normalized spacial score (nSPS) is 26.1. The number of ether oxygens (including phenoxy) is 1. The minimum absolute atomic E-state index is 0.416. The quantitative estimate of drug-likeness (QED) is 0.934. The Morgan fingerprint density at radius 1 is 1.43 bits per heavy atom. The molecule has 0 bridgehead atoms. The molecule has 7 heteroatoms. The lowest BCUT2D eigenvalue weighted by Crippen LogP contribution is -2.34. The molecule has 2 N–H and O–H groups in total. The maximum absolute atomic E-state index is 5.77. The van der Waals surface area contributed by atoms with Crippen molar-refractivity contribution in [3.8, 4) is 11.6 Å². The van der Waals surface area contributed by atoms with Crippen molar-refractivity contribution >= 4 is 11.3 Å². The Morgan fingerprint density at radius 3 is 2.81 bits per heavy atom. The lowest BCUT2D eigenvalue weighted by Gasteiger charge is -2.35. The van der Waals surface area contributed by atoms with Crippen molar-refractivity contribution in [1.29, 1.82) is 0 Å². The topological polar surface area (TPSA) is 87.1 Å². The molecule has 0 saturated heterocycles. The number of hydrogen-bond acceptors (Lipinski definition) is 7. The van der Waals surface area contributed by atoms with Gasteiger partial charge in [0.25, 0.3) is 5.89 Å². The van der Waals surface area contributed by atoms with Crippen LogP contribution in [0.4, 0.5) is 0 Å². The van der Waals surface area contributed by atoms with Crippen molar-refractivity contribution in [2.24, 2.45) is 11.7 Å². The van der Waals surface area contributed by atoms with Crippen molar-refractivity contribution in [3.05, 3.63) is 16.2 Å². The first kappa shape index (κ1) is 14.6. The van der Waals surface area contributed by atoms with Crippen molar-refractivity contribution in [2.75, 3.05) is 7.11 Å². The summed E-state index contributed by atoms with van der Waals surface area (Å²) >= 11 is 1.50. The van der Waals surface area contributed by atoms with Crippen LogP contribution in [0.2, 0.25) is 0 Å². The Balaban J connectivity index is 1.86. The average molecular weight is 308 g/mol. The van der Waals surface area contributed by atoms with Crippen LogP contribution in [0.3, 0.4) is 0 Å². The monoisotopic (exact) mass is 308 g/mol. The van der Waals surface area contributed by atoms with Gasteiger partial charge < -0.3 is 15.0 Å². The molecule has 2 heterocycles. The number of nitrogens with two attached hydrogens (primary N) is 1. The maximum atomic E-state index is 5.77. The van der Waals surface area contributed by atoms with Gasteiger partial charge in [0.05, 0.1) is 0 Å². The van der Waals surface area contributed by atoms with E-state index >= 15 is 0 Å². The van der Waals surface area contributed by atoms with Gasteiger partial charge in [0, 0.05) is 19.0 Å². The Bertz CT molecular complexity index is 602. The van der Waals surface area contributed by atoms with Crippen LogP contribution in [0.1, 0.15) is 43.4 Å². The van der Waals surface area contributed by atoms with Crippen LogP contribution < -0.4 is 5.73 Å². The fourth-order valence-electron chi connectivity index (χ4n) is 2.76. The molecule has 2 aromatic rings. The molecule has 21 heavy (non-hydrogen) atoms. The van der Waals surface area contributed by atoms with E-state index in [1.54, 1.807) is 7.11 Å². The molecule has 1 saturated carbocycles. The Hall–Kier alpha value is -1.31. The molecule has 1 aliphatic carbocycles. The van der Waals surface area contributed by atoms with Gasteiger partial charge in [-0.05, 0) is 31.6 Å². The predicted molar refractivity (Wildman–Crippen MR) is 79.6 cm³/mol. The molecule has 0 spiro atoms. The maximum Gasteiger partial charge on any atom is 0.277 e. The molecular formula is C14H20N4O2S. The Morgan fingerprint density at radius 2 is 2.19 bits per heavy atom. The first-order valence-electron chi connectivity index (χ1n) is 7.21. The number of thiazole rings is 1. The van der Waals surface area contributed by atoms with Gasteiger partial charge in [-0.15, -0.1) is 11.3 Å². The summed E-state index contributed by atoms with van der Waals surface area (Å²) in [6.45, 7) is 2.69. The standard InChI is InChI=1S/C14H20N4O2S/c1-9-3-5-14(19-2,6-4-9)13-17-12(20-18-13)10-8-21-11(7-15)16-10/h8-9H,3-7,15H2,1-2H3. The molecule has 0 atom stereocenters. The first-order valence-corrected chi connectivity index (χ1v) is 8.09. The fourth-order valence-corrected chi connectivity index (χ4v) is 3.41. The highest BCUT2D eigenvalue weighted by Crippen LogP contribution is 2.41. The highest BCUT2D eigenvalue weighted by molar-refractivity contribution is 7.09. The van der Waals surface area contributed by atoms with Crippen LogP contribution >= 0.6 is 11.3 Å². The van der Waals surface area contributed by atoms with Crippen LogP contribution in [-0.2, 0) is 16.9 Å². The molecular weight excluding hydrogens is 288 g/mol. The van der Waals surface area contributed by atoms with Crippen LogP contribution in [0.15, 0.2) is 9.90 Å². The van der Waals surface area contributed by atoms with E-state index in [1.165, 1.54) is 11.3 Å². The lowest BCUT2D eigenvalue weighted by atomic mass is 9.79. The van der Waals surface area contributed by atoms with Gasteiger partial charge in [0.1, 0.15) is 16.3 Å². The van der Waals surface area contributed by atoms with Gasteiger partial charge >= 0.3 is 0 Å². The minimum atomic E-state index is -0.416. The van der Waals surface area contributed by atoms with Crippen LogP contribution in [0, 0.1) is 5.92 Å². The van der Waals surface area contributed by atoms with Crippen LogP contribution in [0.5, 0.6) is 0 Å². The summed E-state index contributed by atoms with van der Waals surface area (Å²) in [7, 11) is 1.72. The molecule has 0 aliphatic heterocycles. The predicted octanol–water partition coefficient (Wildman–Crippen LogP) is 2.70. The van der Waals surface area contributed by atoms with Crippen molar-refractivity contribution in [2.45, 2.75) is 44.8 Å². The number of hydrogen-bond donors (Lipinski definition) is 1. The number of nitrogens with zero attached hydrogens (tertiary/aromatic N) is 3. The van der Waals surface area contributed by atoms with E-state index in [0.29, 0.717) is 24.0 Å². The van der Waals surface area contributed by atoms with Crippen molar-refractivity contribution < 1.29 is 9.26 Å². The number of aromatic nitrogens is 3. The van der Waals surface area contributed by atoms with Gasteiger partial charge in [0.15, 0.2) is 0 Å². The van der Waals surface area contributed by atoms with E-state index in [4.69, 9.17) is 15.0 Å². The van der Waals surface area contributed by atoms with Crippen LogP contribution in [-0.4, -0.2) is 22.2 Å². The van der Waals surface area contributed by atoms with Crippen molar-refractivity contribution in [1.82, 2.24) is 15.1 Å². The smallest absolute Gasteiger partial charge is 0.277 e. The first-order chi connectivity index (χ1) is 10.2. The van der Waals surface area contributed by atoms with E-state index in [1.807, 2.05) is 5.38 Å². The summed E-state index contributed by atoms with van der Waals surface area (Å²) in [6.07, 6.45) is 4.08. The highest BCUT2D eigenvalue weighted by atomic mass is 32.1. The molecule has 1 fully saturated rings. The Kier molecular flexibility index (Phi) is 4.05. The van der Waals surface area contributed by atoms with Gasteiger partial charge in [-0.3, -0.25) is 0 Å². The largest absolute Gasteiger partial charge is 0.370 e.